The summed E-state index contributed by atoms with van der Waals surface area (Å²) in [7, 11) is 0. The highest BCUT2D eigenvalue weighted by Crippen LogP contribution is 2.34. The molecule has 0 fully saturated rings. The third-order valence-electron chi connectivity index (χ3n) is 2.59. The van der Waals surface area contributed by atoms with Crippen LogP contribution in [-0.2, 0) is 0 Å². The zero-order valence-corrected chi connectivity index (χ0v) is 11.9. The van der Waals surface area contributed by atoms with Gasteiger partial charge in [0.15, 0.2) is 12.4 Å². The van der Waals surface area contributed by atoms with Crippen LogP contribution in [0.15, 0.2) is 53.0 Å². The first-order valence-corrected chi connectivity index (χ1v) is 6.53. The molecule has 20 heavy (non-hydrogen) atoms. The molecular weight excluding hydrogens is 326 g/mol. The highest BCUT2D eigenvalue weighted by molar-refractivity contribution is 9.10. The van der Waals surface area contributed by atoms with Crippen molar-refractivity contribution < 1.29 is 14.5 Å². The summed E-state index contributed by atoms with van der Waals surface area (Å²) in [5.74, 6) is -0.183. The molecule has 0 amide bonds. The molecule has 2 aromatic carbocycles. The first-order chi connectivity index (χ1) is 9.59. The van der Waals surface area contributed by atoms with E-state index in [2.05, 4.69) is 15.9 Å². The van der Waals surface area contributed by atoms with Gasteiger partial charge >= 0.3 is 5.69 Å². The van der Waals surface area contributed by atoms with Crippen molar-refractivity contribution in [1.82, 2.24) is 0 Å². The quantitative estimate of drug-likeness (QED) is 0.475. The molecule has 0 unspecified atom stereocenters. The number of nitrogens with zero attached hydrogens (tertiary/aromatic N) is 1. The lowest BCUT2D eigenvalue weighted by atomic mass is 10.1. The van der Waals surface area contributed by atoms with Gasteiger partial charge in [0.25, 0.3) is 0 Å². The number of nitro groups is 1. The molecule has 0 bridgehead atoms. The molecule has 2 aromatic rings. The van der Waals surface area contributed by atoms with Crippen LogP contribution in [0.4, 0.5) is 5.69 Å². The molecular formula is C14H10BrNO4. The summed E-state index contributed by atoms with van der Waals surface area (Å²) in [5, 5.41) is 10.9. The van der Waals surface area contributed by atoms with Crippen molar-refractivity contribution in [2.75, 3.05) is 6.61 Å². The summed E-state index contributed by atoms with van der Waals surface area (Å²) in [6.45, 7) is -0.256. The van der Waals surface area contributed by atoms with Crippen molar-refractivity contribution in [2.45, 2.75) is 0 Å². The van der Waals surface area contributed by atoms with Crippen LogP contribution in [0.3, 0.4) is 0 Å². The third-order valence-corrected chi connectivity index (χ3v) is 3.21. The van der Waals surface area contributed by atoms with Crippen LogP contribution in [0, 0.1) is 10.1 Å². The molecule has 102 valence electrons. The van der Waals surface area contributed by atoms with Gasteiger partial charge in [-0.25, -0.2) is 0 Å². The van der Waals surface area contributed by atoms with E-state index in [1.165, 1.54) is 12.1 Å². The molecule has 0 radical (unpaired) electrons. The Bertz CT molecular complexity index is 643. The first kappa shape index (κ1) is 14.2. The van der Waals surface area contributed by atoms with Gasteiger partial charge in [0, 0.05) is 11.6 Å². The van der Waals surface area contributed by atoms with Gasteiger partial charge in [0.1, 0.15) is 0 Å². The minimum absolute atomic E-state index is 0.0572. The van der Waals surface area contributed by atoms with Crippen LogP contribution in [0.25, 0.3) is 0 Å². The fraction of sp³-hybridized carbons (Fsp3) is 0.0714. The smallest absolute Gasteiger partial charge is 0.312 e. The fourth-order valence-corrected chi connectivity index (χ4v) is 2.10. The average molecular weight is 336 g/mol. The number of rotatable bonds is 5. The maximum absolute atomic E-state index is 11.9. The summed E-state index contributed by atoms with van der Waals surface area (Å²) in [6.07, 6.45) is 0. The minimum Gasteiger partial charge on any atom is -0.478 e. The average Bonchev–Trinajstić information content (AvgIpc) is 2.46. The third kappa shape index (κ3) is 3.21. The molecule has 0 aliphatic carbocycles. The number of para-hydroxylation sites is 1. The largest absolute Gasteiger partial charge is 0.478 e. The van der Waals surface area contributed by atoms with Crippen molar-refractivity contribution >= 4 is 27.4 Å². The number of carbonyl (C=O) groups excluding carboxylic acids is 1. The van der Waals surface area contributed by atoms with Crippen molar-refractivity contribution in [3.8, 4) is 5.75 Å². The molecule has 6 heteroatoms. The van der Waals surface area contributed by atoms with Gasteiger partial charge in [-0.15, -0.1) is 0 Å². The zero-order valence-electron chi connectivity index (χ0n) is 10.3. The number of Topliss-reactive ketones (excluding diaryl/α,β-unsaturated/α-hetero) is 1. The van der Waals surface area contributed by atoms with E-state index in [0.717, 1.165) is 0 Å². The Labute approximate surface area is 123 Å². The van der Waals surface area contributed by atoms with Gasteiger partial charge < -0.3 is 4.74 Å². The second-order valence-electron chi connectivity index (χ2n) is 3.92. The fourth-order valence-electron chi connectivity index (χ4n) is 1.63. The predicted octanol–water partition coefficient (Wildman–Crippen LogP) is 3.62. The molecule has 0 aliphatic heterocycles. The molecule has 0 heterocycles. The van der Waals surface area contributed by atoms with Crippen LogP contribution >= 0.6 is 15.9 Å². The number of halogens is 1. The highest BCUT2D eigenvalue weighted by Gasteiger charge is 2.19. The Hall–Kier alpha value is -2.21. The van der Waals surface area contributed by atoms with Crippen LogP contribution < -0.4 is 4.74 Å². The van der Waals surface area contributed by atoms with E-state index in [1.54, 1.807) is 36.4 Å². The first-order valence-electron chi connectivity index (χ1n) is 5.73. The molecule has 0 saturated carbocycles. The Morgan fingerprint density at radius 2 is 1.85 bits per heavy atom. The number of ether oxygens (including phenoxy) is 1. The van der Waals surface area contributed by atoms with E-state index in [0.29, 0.717) is 10.0 Å². The van der Waals surface area contributed by atoms with Gasteiger partial charge in [-0.05, 0) is 22.0 Å². The molecule has 5 nitrogen and oxygen atoms in total. The molecule has 0 spiro atoms. The van der Waals surface area contributed by atoms with Crippen molar-refractivity contribution in [3.05, 3.63) is 68.7 Å². The molecule has 2 rings (SSSR count). The minimum atomic E-state index is -0.549. The van der Waals surface area contributed by atoms with Crippen molar-refractivity contribution in [1.29, 1.82) is 0 Å². The van der Waals surface area contributed by atoms with Gasteiger partial charge in [0.05, 0.1) is 9.40 Å². The summed E-state index contributed by atoms with van der Waals surface area (Å²) in [5.41, 5.74) is 0.322. The highest BCUT2D eigenvalue weighted by atomic mass is 79.9. The second kappa shape index (κ2) is 6.29. The van der Waals surface area contributed by atoms with Gasteiger partial charge in [-0.2, -0.15) is 0 Å². The lowest BCUT2D eigenvalue weighted by molar-refractivity contribution is -0.385. The normalized spacial score (nSPS) is 10.1. The number of hydrogen-bond donors (Lipinski definition) is 0. The van der Waals surface area contributed by atoms with E-state index in [9.17, 15) is 14.9 Å². The maximum Gasteiger partial charge on any atom is 0.312 e. The lowest BCUT2D eigenvalue weighted by Crippen LogP contribution is -2.12. The van der Waals surface area contributed by atoms with Crippen LogP contribution in [-0.4, -0.2) is 17.3 Å². The monoisotopic (exact) mass is 335 g/mol. The van der Waals surface area contributed by atoms with Crippen LogP contribution in [0.2, 0.25) is 0 Å². The topological polar surface area (TPSA) is 69.4 Å². The zero-order chi connectivity index (χ0) is 14.5. The standard InChI is InChI=1S/C14H10BrNO4/c15-11-7-4-8-12(16(18)19)14(11)20-9-13(17)10-5-2-1-3-6-10/h1-8H,9H2. The number of benzene rings is 2. The van der Waals surface area contributed by atoms with E-state index < -0.39 is 4.92 Å². The lowest BCUT2D eigenvalue weighted by Gasteiger charge is -2.08. The summed E-state index contributed by atoms with van der Waals surface area (Å²) in [6, 6.07) is 13.1. The van der Waals surface area contributed by atoms with E-state index in [4.69, 9.17) is 4.74 Å². The van der Waals surface area contributed by atoms with Crippen LogP contribution in [0.1, 0.15) is 10.4 Å². The molecule has 0 aliphatic rings. The number of hydrogen-bond acceptors (Lipinski definition) is 4. The predicted molar refractivity (Wildman–Crippen MR) is 77.1 cm³/mol. The summed E-state index contributed by atoms with van der Waals surface area (Å²) >= 11 is 3.18. The molecule has 0 saturated heterocycles. The number of carbonyl (C=O) groups is 1. The second-order valence-corrected chi connectivity index (χ2v) is 4.78. The van der Waals surface area contributed by atoms with Gasteiger partial charge in [0.2, 0.25) is 5.75 Å². The SMILES string of the molecule is O=C(COc1c(Br)cccc1[N+](=O)[O-])c1ccccc1. The number of nitro benzene ring substituents is 1. The Morgan fingerprint density at radius 1 is 1.15 bits per heavy atom. The van der Waals surface area contributed by atoms with Crippen molar-refractivity contribution in [2.24, 2.45) is 0 Å². The summed E-state index contributed by atoms with van der Waals surface area (Å²) in [4.78, 5) is 22.3. The van der Waals surface area contributed by atoms with Gasteiger partial charge in [-0.1, -0.05) is 36.4 Å². The van der Waals surface area contributed by atoms with E-state index >= 15 is 0 Å². The Kier molecular flexibility index (Phi) is 4.47. The van der Waals surface area contributed by atoms with Gasteiger partial charge in [-0.3, -0.25) is 14.9 Å². The Balaban J connectivity index is 2.16. The Morgan fingerprint density at radius 3 is 2.50 bits per heavy atom. The van der Waals surface area contributed by atoms with E-state index in [1.807, 2.05) is 0 Å². The van der Waals surface area contributed by atoms with Crippen molar-refractivity contribution in [3.63, 3.8) is 0 Å². The van der Waals surface area contributed by atoms with E-state index in [-0.39, 0.29) is 23.8 Å². The van der Waals surface area contributed by atoms with Crippen LogP contribution in [0.5, 0.6) is 5.75 Å². The maximum atomic E-state index is 11.9. The number of ketones is 1. The molecule has 0 atom stereocenters. The molecule has 0 aromatic heterocycles. The molecule has 0 N–H and O–H groups in total. The summed E-state index contributed by atoms with van der Waals surface area (Å²) < 4.78 is 5.74.